The molecule has 9 heteroatoms. The van der Waals surface area contributed by atoms with E-state index in [-0.39, 0.29) is 11.1 Å². The van der Waals surface area contributed by atoms with Crippen LogP contribution in [0.5, 0.6) is 11.5 Å². The van der Waals surface area contributed by atoms with Gasteiger partial charge in [0, 0.05) is 34.1 Å². The van der Waals surface area contributed by atoms with E-state index < -0.39 is 0 Å². The van der Waals surface area contributed by atoms with Gasteiger partial charge in [-0.2, -0.15) is 0 Å². The number of aromatic amines is 1. The molecule has 3 aromatic carbocycles. The summed E-state index contributed by atoms with van der Waals surface area (Å²) in [4.78, 5) is 35.7. The third-order valence-electron chi connectivity index (χ3n) is 6.60. The molecule has 0 bridgehead atoms. The summed E-state index contributed by atoms with van der Waals surface area (Å²) in [7, 11) is 3.07. The van der Waals surface area contributed by atoms with Crippen molar-refractivity contribution in [3.63, 3.8) is 0 Å². The molecule has 0 saturated heterocycles. The van der Waals surface area contributed by atoms with Crippen LogP contribution in [0, 0.1) is 0 Å². The van der Waals surface area contributed by atoms with E-state index in [9.17, 15) is 9.59 Å². The minimum absolute atomic E-state index is 0.193. The fourth-order valence-electron chi connectivity index (χ4n) is 4.65. The summed E-state index contributed by atoms with van der Waals surface area (Å²) in [6.45, 7) is 2.59. The first kappa shape index (κ1) is 26.8. The number of benzene rings is 3. The molecule has 0 atom stereocenters. The number of hydrogen-bond donors (Lipinski definition) is 1. The molecular formula is C30H28ClN3O4S. The van der Waals surface area contributed by atoms with Crippen LogP contribution in [0.25, 0.3) is 32.9 Å². The number of pyridine rings is 1. The second kappa shape index (κ2) is 11.6. The summed E-state index contributed by atoms with van der Waals surface area (Å²) in [5.74, 6) is 0.929. The molecule has 7 nitrogen and oxygen atoms in total. The van der Waals surface area contributed by atoms with Crippen LogP contribution >= 0.6 is 23.4 Å². The van der Waals surface area contributed by atoms with Gasteiger partial charge in [0.05, 0.1) is 30.0 Å². The van der Waals surface area contributed by atoms with Gasteiger partial charge in [0.1, 0.15) is 0 Å². The van der Waals surface area contributed by atoms with Gasteiger partial charge in [0.15, 0.2) is 16.7 Å². The minimum atomic E-state index is -0.268. The molecule has 0 amide bonds. The normalized spacial score (nSPS) is 11.3. The minimum Gasteiger partial charge on any atom is -0.493 e. The van der Waals surface area contributed by atoms with Crippen molar-refractivity contribution >= 4 is 45.2 Å². The third kappa shape index (κ3) is 5.27. The predicted molar refractivity (Wildman–Crippen MR) is 158 cm³/mol. The Bertz CT molecular complexity index is 1780. The number of halogens is 1. The molecule has 5 aromatic rings. The Hall–Kier alpha value is -3.75. The molecule has 200 valence electrons. The Balaban J connectivity index is 1.78. The molecule has 1 N–H and O–H groups in total. The lowest BCUT2D eigenvalue weighted by Gasteiger charge is -2.17. The van der Waals surface area contributed by atoms with Gasteiger partial charge in [-0.15, -0.1) is 0 Å². The van der Waals surface area contributed by atoms with Crippen LogP contribution in [-0.2, 0) is 6.54 Å². The molecular weight excluding hydrogens is 534 g/mol. The molecule has 0 fully saturated rings. The van der Waals surface area contributed by atoms with Gasteiger partial charge in [-0.3, -0.25) is 14.2 Å². The second-order valence-electron chi connectivity index (χ2n) is 9.10. The summed E-state index contributed by atoms with van der Waals surface area (Å²) < 4.78 is 12.5. The van der Waals surface area contributed by atoms with Gasteiger partial charge in [-0.25, -0.2) is 4.98 Å². The zero-order valence-corrected chi connectivity index (χ0v) is 23.5. The van der Waals surface area contributed by atoms with Gasteiger partial charge >= 0.3 is 0 Å². The lowest BCUT2D eigenvalue weighted by atomic mass is 10.0. The molecule has 39 heavy (non-hydrogen) atoms. The Morgan fingerprint density at radius 1 is 0.949 bits per heavy atom. The highest BCUT2D eigenvalue weighted by atomic mass is 35.5. The maximum Gasteiger partial charge on any atom is 0.263 e. The van der Waals surface area contributed by atoms with Gasteiger partial charge in [-0.05, 0) is 48.0 Å². The molecule has 0 aliphatic rings. The fourth-order valence-corrected chi connectivity index (χ4v) is 5.91. The van der Waals surface area contributed by atoms with Crippen LogP contribution in [0.2, 0.25) is 5.02 Å². The highest BCUT2D eigenvalue weighted by Crippen LogP contribution is 2.39. The Morgan fingerprint density at radius 2 is 1.69 bits per heavy atom. The smallest absolute Gasteiger partial charge is 0.263 e. The number of nitrogens with zero attached hydrogens (tertiary/aromatic N) is 2. The first-order valence-corrected chi connectivity index (χ1v) is 13.9. The highest BCUT2D eigenvalue weighted by molar-refractivity contribution is 7.99. The van der Waals surface area contributed by atoms with Crippen molar-refractivity contribution in [1.29, 1.82) is 0 Å². The quantitative estimate of drug-likeness (QED) is 0.155. The molecule has 2 aromatic heterocycles. The Morgan fingerprint density at radius 3 is 2.41 bits per heavy atom. The number of unbranched alkanes of at least 4 members (excludes halogenated alkanes) is 2. The Kier molecular flexibility index (Phi) is 7.95. The number of rotatable bonds is 9. The van der Waals surface area contributed by atoms with Gasteiger partial charge in [-0.1, -0.05) is 61.7 Å². The number of aromatic nitrogens is 3. The maximum atomic E-state index is 13.8. The first-order valence-electron chi connectivity index (χ1n) is 12.7. The van der Waals surface area contributed by atoms with E-state index in [0.717, 1.165) is 35.8 Å². The van der Waals surface area contributed by atoms with E-state index in [1.807, 2.05) is 36.4 Å². The van der Waals surface area contributed by atoms with E-state index in [2.05, 4.69) is 11.9 Å². The SMILES string of the molecule is CCCCCn1c(Sc2c(-c3ccccc3)c3cc(Cl)ccc3[nH]c2=O)nc2cc(OC)c(OC)cc2c1=O. The first-order chi connectivity index (χ1) is 18.9. The van der Waals surface area contributed by atoms with Crippen LogP contribution in [0.15, 0.2) is 80.3 Å². The summed E-state index contributed by atoms with van der Waals surface area (Å²) in [5, 5.41) is 2.22. The molecule has 0 aliphatic heterocycles. The van der Waals surface area contributed by atoms with Crippen molar-refractivity contribution < 1.29 is 9.47 Å². The van der Waals surface area contributed by atoms with Crippen molar-refractivity contribution in [2.45, 2.75) is 42.8 Å². The standard InChI is InChI=1S/C30H28ClN3O4S/c1-4-5-9-14-34-29(36)21-16-24(37-2)25(38-3)17-23(21)33-30(34)39-27-26(18-10-7-6-8-11-18)20-15-19(31)12-13-22(20)32-28(27)35/h6-8,10-13,15-17H,4-5,9,14H2,1-3H3,(H,32,35). The predicted octanol–water partition coefficient (Wildman–Crippen LogP) is 6.92. The maximum absolute atomic E-state index is 13.8. The summed E-state index contributed by atoms with van der Waals surface area (Å²) >= 11 is 7.57. The van der Waals surface area contributed by atoms with Crippen LogP contribution in [0.4, 0.5) is 0 Å². The van der Waals surface area contributed by atoms with Crippen molar-refractivity contribution in [3.05, 3.63) is 86.4 Å². The molecule has 0 aliphatic carbocycles. The van der Waals surface area contributed by atoms with E-state index in [4.69, 9.17) is 26.1 Å². The lowest BCUT2D eigenvalue weighted by Crippen LogP contribution is -2.24. The van der Waals surface area contributed by atoms with Crippen LogP contribution in [-0.4, -0.2) is 28.8 Å². The lowest BCUT2D eigenvalue weighted by molar-refractivity contribution is 0.355. The van der Waals surface area contributed by atoms with Crippen molar-refractivity contribution in [2.24, 2.45) is 0 Å². The number of ether oxygens (including phenoxy) is 2. The van der Waals surface area contributed by atoms with E-state index >= 15 is 0 Å². The number of methoxy groups -OCH3 is 2. The third-order valence-corrected chi connectivity index (χ3v) is 7.92. The summed E-state index contributed by atoms with van der Waals surface area (Å²) in [6, 6.07) is 18.4. The van der Waals surface area contributed by atoms with Gasteiger partial charge in [0.25, 0.3) is 11.1 Å². The summed E-state index contributed by atoms with van der Waals surface area (Å²) in [5.41, 5.74) is 2.29. The average molecular weight is 562 g/mol. The van der Waals surface area contributed by atoms with Crippen molar-refractivity contribution in [1.82, 2.24) is 14.5 Å². The van der Waals surface area contributed by atoms with E-state index in [1.54, 1.807) is 28.8 Å². The van der Waals surface area contributed by atoms with Crippen LogP contribution in [0.3, 0.4) is 0 Å². The number of hydrogen-bond acceptors (Lipinski definition) is 6. The number of H-pyrrole nitrogens is 1. The average Bonchev–Trinajstić information content (AvgIpc) is 2.95. The van der Waals surface area contributed by atoms with Crippen molar-refractivity contribution in [3.8, 4) is 22.6 Å². The molecule has 0 radical (unpaired) electrons. The molecule has 0 unspecified atom stereocenters. The van der Waals surface area contributed by atoms with Gasteiger partial charge < -0.3 is 14.5 Å². The second-order valence-corrected chi connectivity index (χ2v) is 10.5. The van der Waals surface area contributed by atoms with E-state index in [1.165, 1.54) is 26.0 Å². The molecule has 0 saturated carbocycles. The number of fused-ring (bicyclic) bond motifs is 2. The molecule has 0 spiro atoms. The monoisotopic (exact) mass is 561 g/mol. The zero-order chi connectivity index (χ0) is 27.5. The topological polar surface area (TPSA) is 86.2 Å². The van der Waals surface area contributed by atoms with Crippen LogP contribution in [0.1, 0.15) is 26.2 Å². The fraction of sp³-hybridized carbons (Fsp3) is 0.233. The number of nitrogens with one attached hydrogen (secondary N) is 1. The molecule has 5 rings (SSSR count). The largest absolute Gasteiger partial charge is 0.493 e. The van der Waals surface area contributed by atoms with E-state index in [0.29, 0.717) is 49.5 Å². The summed E-state index contributed by atoms with van der Waals surface area (Å²) in [6.07, 6.45) is 2.77. The zero-order valence-electron chi connectivity index (χ0n) is 21.9. The Labute approximate surface area is 234 Å². The highest BCUT2D eigenvalue weighted by Gasteiger charge is 2.21. The van der Waals surface area contributed by atoms with Crippen molar-refractivity contribution in [2.75, 3.05) is 14.2 Å². The van der Waals surface area contributed by atoms with Crippen LogP contribution < -0.4 is 20.6 Å². The molecule has 2 heterocycles. The van der Waals surface area contributed by atoms with Gasteiger partial charge in [0.2, 0.25) is 0 Å².